The molecule has 2 unspecified atom stereocenters. The molecule has 1 N–H and O–H groups in total. The second-order valence-corrected chi connectivity index (χ2v) is 6.88. The topological polar surface area (TPSA) is 41.0 Å². The minimum absolute atomic E-state index is 0.168. The fourth-order valence-electron chi connectivity index (χ4n) is 3.51. The number of aryl methyl sites for hydroxylation is 2. The van der Waals surface area contributed by atoms with E-state index >= 15 is 0 Å². The third-order valence-electron chi connectivity index (χ3n) is 4.57. The van der Waals surface area contributed by atoms with Crippen LogP contribution in [0.15, 0.2) is 24.3 Å². The minimum atomic E-state index is -0.358. The molecule has 24 heavy (non-hydrogen) atoms. The van der Waals surface area contributed by atoms with Crippen LogP contribution in [-0.4, -0.2) is 35.0 Å². The van der Waals surface area contributed by atoms with E-state index in [1.54, 1.807) is 12.1 Å². The maximum Gasteiger partial charge on any atom is 0.142 e. The van der Waals surface area contributed by atoms with Gasteiger partial charge in [0.1, 0.15) is 17.5 Å². The van der Waals surface area contributed by atoms with Gasteiger partial charge in [0.2, 0.25) is 0 Å². The normalized spacial score (nSPS) is 21.2. The van der Waals surface area contributed by atoms with Gasteiger partial charge >= 0.3 is 0 Å². The highest BCUT2D eigenvalue weighted by molar-refractivity contribution is 6.30. The molecule has 0 saturated carbocycles. The first-order valence-corrected chi connectivity index (χ1v) is 8.53. The van der Waals surface area contributed by atoms with Crippen LogP contribution < -0.4 is 5.32 Å². The molecule has 2 heterocycles. The lowest BCUT2D eigenvalue weighted by atomic mass is 9.93. The van der Waals surface area contributed by atoms with Crippen molar-refractivity contribution in [1.82, 2.24) is 14.9 Å². The molecule has 3 rings (SSSR count). The van der Waals surface area contributed by atoms with E-state index in [0.717, 1.165) is 42.4 Å². The number of likely N-dealkylation sites (tertiary alicyclic amines) is 1. The molecule has 0 bridgehead atoms. The zero-order chi connectivity index (χ0) is 17.3. The van der Waals surface area contributed by atoms with Gasteiger partial charge in [0.25, 0.3) is 0 Å². The molecule has 2 aromatic rings. The number of nitrogens with one attached hydrogen (secondary N) is 1. The Hall–Kier alpha value is -1.72. The molecule has 6 heteroatoms. The molecular formula is C18H22ClFN4. The van der Waals surface area contributed by atoms with E-state index < -0.39 is 0 Å². The Kier molecular flexibility index (Phi) is 5.01. The van der Waals surface area contributed by atoms with Crippen molar-refractivity contribution in [2.24, 2.45) is 5.92 Å². The molecule has 1 aliphatic rings. The molecule has 4 nitrogen and oxygen atoms in total. The van der Waals surface area contributed by atoms with Crippen molar-refractivity contribution in [1.29, 1.82) is 0 Å². The van der Waals surface area contributed by atoms with E-state index in [9.17, 15) is 4.39 Å². The van der Waals surface area contributed by atoms with Gasteiger partial charge in [-0.25, -0.2) is 14.4 Å². The van der Waals surface area contributed by atoms with Crippen LogP contribution >= 0.6 is 11.6 Å². The van der Waals surface area contributed by atoms with E-state index in [1.165, 1.54) is 0 Å². The van der Waals surface area contributed by atoms with Crippen LogP contribution in [0.2, 0.25) is 5.02 Å². The average molecular weight is 349 g/mol. The van der Waals surface area contributed by atoms with Gasteiger partial charge in [0.05, 0.1) is 5.02 Å². The van der Waals surface area contributed by atoms with Crippen LogP contribution in [-0.2, 0) is 0 Å². The van der Waals surface area contributed by atoms with Crippen molar-refractivity contribution in [3.05, 3.63) is 52.2 Å². The summed E-state index contributed by atoms with van der Waals surface area (Å²) in [6.07, 6.45) is 1.06. The largest absolute Gasteiger partial charge is 0.370 e. The molecule has 1 aromatic carbocycles. The van der Waals surface area contributed by atoms with Gasteiger partial charge < -0.3 is 5.32 Å². The maximum absolute atomic E-state index is 13.8. The predicted molar refractivity (Wildman–Crippen MR) is 94.9 cm³/mol. The fourth-order valence-corrected chi connectivity index (χ4v) is 3.62. The molecule has 1 saturated heterocycles. The number of benzene rings is 1. The molecule has 1 aliphatic heterocycles. The van der Waals surface area contributed by atoms with Gasteiger partial charge in [-0.05, 0) is 57.5 Å². The fraction of sp³-hybridized carbons (Fsp3) is 0.444. The van der Waals surface area contributed by atoms with Gasteiger partial charge in [-0.2, -0.15) is 0 Å². The zero-order valence-corrected chi connectivity index (χ0v) is 14.9. The van der Waals surface area contributed by atoms with Crippen molar-refractivity contribution >= 4 is 17.4 Å². The first kappa shape index (κ1) is 17.1. The van der Waals surface area contributed by atoms with Gasteiger partial charge in [-0.1, -0.05) is 17.7 Å². The molecule has 1 aromatic heterocycles. The molecular weight excluding hydrogens is 327 g/mol. The summed E-state index contributed by atoms with van der Waals surface area (Å²) in [6.45, 7) is 5.63. The smallest absolute Gasteiger partial charge is 0.142 e. The predicted octanol–water partition coefficient (Wildman–Crippen LogP) is 3.99. The average Bonchev–Trinajstić information content (AvgIpc) is 2.88. The van der Waals surface area contributed by atoms with Crippen LogP contribution in [0.25, 0.3) is 0 Å². The summed E-state index contributed by atoms with van der Waals surface area (Å²) in [5, 5.41) is 3.58. The highest BCUT2D eigenvalue weighted by atomic mass is 35.5. The molecule has 128 valence electrons. The molecule has 0 aliphatic carbocycles. The minimum Gasteiger partial charge on any atom is -0.370 e. The van der Waals surface area contributed by atoms with Crippen LogP contribution in [0.1, 0.15) is 29.5 Å². The summed E-state index contributed by atoms with van der Waals surface area (Å²) < 4.78 is 13.8. The van der Waals surface area contributed by atoms with Gasteiger partial charge in [-0.3, -0.25) is 4.90 Å². The SMILES string of the molecule is Cc1cc(NCC2CCN(C)C2c2ccc(Cl)c(F)c2)nc(C)n1. The van der Waals surface area contributed by atoms with E-state index in [4.69, 9.17) is 11.6 Å². The van der Waals surface area contributed by atoms with E-state index in [0.29, 0.717) is 5.92 Å². The second-order valence-electron chi connectivity index (χ2n) is 6.47. The number of aromatic nitrogens is 2. The van der Waals surface area contributed by atoms with Crippen LogP contribution in [0.3, 0.4) is 0 Å². The van der Waals surface area contributed by atoms with Gasteiger partial charge in [0, 0.05) is 24.3 Å². The van der Waals surface area contributed by atoms with Gasteiger partial charge in [0.15, 0.2) is 0 Å². The van der Waals surface area contributed by atoms with E-state index in [-0.39, 0.29) is 16.9 Å². The van der Waals surface area contributed by atoms with E-state index in [2.05, 4.69) is 27.2 Å². The molecule has 0 spiro atoms. The Morgan fingerprint density at radius 1 is 1.29 bits per heavy atom. The monoisotopic (exact) mass is 348 g/mol. The van der Waals surface area contributed by atoms with Crippen molar-refractivity contribution in [2.45, 2.75) is 26.3 Å². The number of halogens is 2. The molecule has 1 fully saturated rings. The summed E-state index contributed by atoms with van der Waals surface area (Å²) in [6, 6.07) is 7.24. The van der Waals surface area contributed by atoms with Crippen molar-refractivity contribution < 1.29 is 4.39 Å². The lowest BCUT2D eigenvalue weighted by Crippen LogP contribution is -2.25. The third kappa shape index (κ3) is 3.68. The van der Waals surface area contributed by atoms with Crippen LogP contribution in [0, 0.1) is 25.6 Å². The Morgan fingerprint density at radius 2 is 2.08 bits per heavy atom. The Labute approximate surface area is 147 Å². The zero-order valence-electron chi connectivity index (χ0n) is 14.2. The lowest BCUT2D eigenvalue weighted by molar-refractivity contribution is 0.281. The quantitative estimate of drug-likeness (QED) is 0.907. The highest BCUT2D eigenvalue weighted by Crippen LogP contribution is 2.37. The molecule has 2 atom stereocenters. The number of anilines is 1. The van der Waals surface area contributed by atoms with Crippen molar-refractivity contribution in [3.63, 3.8) is 0 Å². The number of nitrogens with zero attached hydrogens (tertiary/aromatic N) is 3. The van der Waals surface area contributed by atoms with Gasteiger partial charge in [-0.15, -0.1) is 0 Å². The summed E-state index contributed by atoms with van der Waals surface area (Å²) in [5.41, 5.74) is 1.92. The Bertz CT molecular complexity index is 717. The van der Waals surface area contributed by atoms with Crippen molar-refractivity contribution in [3.8, 4) is 0 Å². The number of rotatable bonds is 4. The highest BCUT2D eigenvalue weighted by Gasteiger charge is 2.33. The number of hydrogen-bond donors (Lipinski definition) is 1. The lowest BCUT2D eigenvalue weighted by Gasteiger charge is -2.26. The first-order chi connectivity index (χ1) is 11.4. The Morgan fingerprint density at radius 3 is 2.79 bits per heavy atom. The Balaban J connectivity index is 1.75. The summed E-state index contributed by atoms with van der Waals surface area (Å²) >= 11 is 5.82. The second kappa shape index (κ2) is 7.03. The third-order valence-corrected chi connectivity index (χ3v) is 4.88. The first-order valence-electron chi connectivity index (χ1n) is 8.15. The van der Waals surface area contributed by atoms with Crippen LogP contribution in [0.5, 0.6) is 0 Å². The molecule has 0 amide bonds. The summed E-state index contributed by atoms with van der Waals surface area (Å²) in [7, 11) is 2.08. The maximum atomic E-state index is 13.8. The molecule has 0 radical (unpaired) electrons. The standard InChI is InChI=1S/C18H22ClFN4/c1-11-8-17(23-12(2)22-11)21-10-14-6-7-24(3)18(14)13-4-5-15(19)16(20)9-13/h4-5,8-9,14,18H,6-7,10H2,1-3H3,(H,21,22,23). The van der Waals surface area contributed by atoms with Crippen LogP contribution in [0.4, 0.5) is 10.2 Å². The van der Waals surface area contributed by atoms with Crippen molar-refractivity contribution in [2.75, 3.05) is 25.5 Å². The summed E-state index contributed by atoms with van der Waals surface area (Å²) in [5.74, 6) is 1.63. The van der Waals surface area contributed by atoms with E-state index in [1.807, 2.05) is 26.0 Å². The summed E-state index contributed by atoms with van der Waals surface area (Å²) in [4.78, 5) is 11.0. The number of hydrogen-bond acceptors (Lipinski definition) is 4.